The quantitative estimate of drug-likeness (QED) is 0.128. The average molecular weight is 736 g/mol. The fourth-order valence-electron chi connectivity index (χ4n) is 5.55. The summed E-state index contributed by atoms with van der Waals surface area (Å²) in [5, 5.41) is 2.71. The number of hydrogen-bond acceptors (Lipinski definition) is 9. The normalized spacial score (nSPS) is 17.5. The third-order valence-corrected chi connectivity index (χ3v) is 7.55. The van der Waals surface area contributed by atoms with Gasteiger partial charge in [-0.15, -0.1) is 4.99 Å². The van der Waals surface area contributed by atoms with Crippen LogP contribution in [0.5, 0.6) is 0 Å². The number of nitrogens with zero attached hydrogens (tertiary/aromatic N) is 3. The molecule has 1 aliphatic rings. The molecule has 0 fully saturated rings. The Kier molecular flexibility index (Phi) is 14.6. The van der Waals surface area contributed by atoms with Crippen molar-refractivity contribution < 1.29 is 42.9 Å². The van der Waals surface area contributed by atoms with Crippen molar-refractivity contribution in [1.82, 2.24) is 15.1 Å². The van der Waals surface area contributed by atoms with Crippen molar-refractivity contribution in [3.05, 3.63) is 83.6 Å². The van der Waals surface area contributed by atoms with Crippen LogP contribution in [0.4, 0.5) is 9.59 Å². The van der Waals surface area contributed by atoms with Crippen LogP contribution in [-0.2, 0) is 33.3 Å². The summed E-state index contributed by atoms with van der Waals surface area (Å²) in [5.74, 6) is -3.26. The highest BCUT2D eigenvalue weighted by atomic mass is 16.6. The molecule has 0 bridgehead atoms. The second-order valence-electron chi connectivity index (χ2n) is 14.5. The van der Waals surface area contributed by atoms with Gasteiger partial charge in [-0.1, -0.05) is 74.5 Å². The SMILES string of the molecule is CCCN(CCC)C(=O)[C@@H]1OC(C(=O)OC(c2ccccc2)c2ccccc2)=C[C@H](N(C(=O)OC(C)(C)C)C(N)=NC(=O)OC(C)(C)C)[C@H]1NC(C)=O. The molecule has 0 aromatic heterocycles. The van der Waals surface area contributed by atoms with E-state index in [1.54, 1.807) is 95.0 Å². The van der Waals surface area contributed by atoms with E-state index >= 15 is 0 Å². The van der Waals surface area contributed by atoms with Crippen molar-refractivity contribution in [2.45, 2.75) is 111 Å². The van der Waals surface area contributed by atoms with Crippen molar-refractivity contribution in [1.29, 1.82) is 0 Å². The van der Waals surface area contributed by atoms with Gasteiger partial charge in [0.25, 0.3) is 5.91 Å². The van der Waals surface area contributed by atoms with E-state index in [0.29, 0.717) is 37.1 Å². The van der Waals surface area contributed by atoms with Crippen LogP contribution in [0.3, 0.4) is 0 Å². The first-order chi connectivity index (χ1) is 24.8. The molecule has 14 nitrogen and oxygen atoms in total. The Balaban J connectivity index is 2.28. The topological polar surface area (TPSA) is 179 Å². The summed E-state index contributed by atoms with van der Waals surface area (Å²) in [6.07, 6.45) is -2.27. The lowest BCUT2D eigenvalue weighted by atomic mass is 9.95. The molecule has 0 aliphatic carbocycles. The first kappa shape index (κ1) is 42.0. The number of nitrogens with one attached hydrogen (secondary N) is 1. The van der Waals surface area contributed by atoms with Gasteiger partial charge in [-0.2, -0.15) is 0 Å². The molecule has 3 atom stereocenters. The predicted molar refractivity (Wildman–Crippen MR) is 198 cm³/mol. The lowest BCUT2D eigenvalue weighted by Gasteiger charge is -2.42. The minimum absolute atomic E-state index is 0.343. The number of esters is 1. The van der Waals surface area contributed by atoms with Crippen LogP contribution >= 0.6 is 0 Å². The molecule has 0 saturated carbocycles. The van der Waals surface area contributed by atoms with Gasteiger partial charge in [-0.05, 0) is 71.6 Å². The van der Waals surface area contributed by atoms with E-state index in [4.69, 9.17) is 24.7 Å². The molecule has 2 aromatic carbocycles. The molecule has 0 unspecified atom stereocenters. The van der Waals surface area contributed by atoms with E-state index in [1.807, 2.05) is 26.0 Å². The summed E-state index contributed by atoms with van der Waals surface area (Å²) in [7, 11) is 0. The van der Waals surface area contributed by atoms with Gasteiger partial charge in [0.15, 0.2) is 12.2 Å². The third-order valence-electron chi connectivity index (χ3n) is 7.55. The number of hydrogen-bond donors (Lipinski definition) is 2. The second kappa shape index (κ2) is 18.4. The maximum atomic E-state index is 14.4. The molecule has 0 saturated heterocycles. The number of benzene rings is 2. The van der Waals surface area contributed by atoms with Crippen molar-refractivity contribution >= 4 is 35.9 Å². The van der Waals surface area contributed by atoms with Crippen LogP contribution in [-0.4, -0.2) is 88.2 Å². The van der Waals surface area contributed by atoms with Gasteiger partial charge in [0.2, 0.25) is 17.6 Å². The molecular formula is C39H53N5O9. The summed E-state index contributed by atoms with van der Waals surface area (Å²) >= 11 is 0. The lowest BCUT2D eigenvalue weighted by molar-refractivity contribution is -0.155. The molecule has 0 spiro atoms. The van der Waals surface area contributed by atoms with E-state index in [1.165, 1.54) is 13.0 Å². The van der Waals surface area contributed by atoms with Crippen molar-refractivity contribution in [2.24, 2.45) is 10.7 Å². The van der Waals surface area contributed by atoms with Crippen LogP contribution in [0.1, 0.15) is 92.4 Å². The smallest absolute Gasteiger partial charge is 0.437 e. The Labute approximate surface area is 311 Å². The largest absolute Gasteiger partial charge is 0.471 e. The highest BCUT2D eigenvalue weighted by molar-refractivity contribution is 5.99. The highest BCUT2D eigenvalue weighted by Gasteiger charge is 2.49. The summed E-state index contributed by atoms with van der Waals surface area (Å²) in [5.41, 5.74) is 5.67. The molecule has 14 heteroatoms. The third kappa shape index (κ3) is 12.4. The molecule has 1 heterocycles. The fourth-order valence-corrected chi connectivity index (χ4v) is 5.55. The summed E-state index contributed by atoms with van der Waals surface area (Å²) in [6, 6.07) is 15.3. The zero-order valence-electron chi connectivity index (χ0n) is 32.1. The van der Waals surface area contributed by atoms with E-state index in [-0.39, 0.29) is 0 Å². The van der Waals surface area contributed by atoms with Gasteiger partial charge in [-0.3, -0.25) is 9.59 Å². The maximum absolute atomic E-state index is 14.4. The fraction of sp³-hybridized carbons (Fsp3) is 0.487. The molecule has 2 aromatic rings. The zero-order chi connectivity index (χ0) is 39.5. The molecule has 3 N–H and O–H groups in total. The lowest BCUT2D eigenvalue weighted by Crippen LogP contribution is -2.66. The first-order valence-electron chi connectivity index (χ1n) is 17.7. The monoisotopic (exact) mass is 735 g/mol. The van der Waals surface area contributed by atoms with Crippen molar-refractivity contribution in [3.8, 4) is 0 Å². The highest BCUT2D eigenvalue weighted by Crippen LogP contribution is 2.31. The first-order valence-corrected chi connectivity index (χ1v) is 17.7. The van der Waals surface area contributed by atoms with Gasteiger partial charge in [-0.25, -0.2) is 19.3 Å². The van der Waals surface area contributed by atoms with E-state index in [0.717, 1.165) is 4.90 Å². The molecule has 4 amide bonds. The van der Waals surface area contributed by atoms with E-state index in [2.05, 4.69) is 10.3 Å². The Morgan fingerprint density at radius 3 is 1.81 bits per heavy atom. The number of aliphatic imine (C=N–C) groups is 1. The van der Waals surface area contributed by atoms with Gasteiger partial charge < -0.3 is 34.9 Å². The van der Waals surface area contributed by atoms with Crippen molar-refractivity contribution in [2.75, 3.05) is 13.1 Å². The Hall–Kier alpha value is -5.40. The minimum Gasteiger partial charge on any atom is -0.471 e. The van der Waals surface area contributed by atoms with Gasteiger partial charge in [0.05, 0.1) is 12.1 Å². The number of guanidine groups is 1. The standard InChI is InChI=1S/C39H53N5O9/c1-10-22-43(23-11-2)33(46)32-30(41-25(3)45)28(44(37(49)53-39(7,8)9)35(40)42-36(48)52-38(4,5)6)24-29(50-32)34(47)51-31(26-18-14-12-15-19-26)27-20-16-13-17-21-27/h12-21,24,28,30-32H,10-11,22-23H2,1-9H3,(H,41,45)(H2,40,42,48)/t28-,30+,32+/m0/s1. The number of carbonyl (C=O) groups excluding carboxylic acids is 5. The zero-order valence-corrected chi connectivity index (χ0v) is 32.1. The second-order valence-corrected chi connectivity index (χ2v) is 14.5. The molecular weight excluding hydrogens is 682 g/mol. The molecule has 288 valence electrons. The van der Waals surface area contributed by atoms with Gasteiger partial charge >= 0.3 is 18.2 Å². The molecule has 53 heavy (non-hydrogen) atoms. The number of rotatable bonds is 11. The van der Waals surface area contributed by atoms with E-state index in [9.17, 15) is 24.0 Å². The summed E-state index contributed by atoms with van der Waals surface area (Å²) < 4.78 is 23.3. The molecule has 1 aliphatic heterocycles. The number of carbonyl (C=O) groups is 5. The maximum Gasteiger partial charge on any atom is 0.437 e. The Bertz CT molecular complexity index is 1600. The van der Waals surface area contributed by atoms with Gasteiger partial charge in [0.1, 0.15) is 11.2 Å². The van der Waals surface area contributed by atoms with Crippen LogP contribution in [0.2, 0.25) is 0 Å². The van der Waals surface area contributed by atoms with Gasteiger partial charge in [0, 0.05) is 20.0 Å². The molecule has 3 rings (SSSR count). The molecule has 0 radical (unpaired) electrons. The van der Waals surface area contributed by atoms with E-state index < -0.39 is 77.2 Å². The minimum atomic E-state index is -1.57. The number of ether oxygens (including phenoxy) is 4. The van der Waals surface area contributed by atoms with Crippen LogP contribution in [0.25, 0.3) is 0 Å². The van der Waals surface area contributed by atoms with Crippen LogP contribution in [0.15, 0.2) is 77.5 Å². The number of amides is 4. The van der Waals surface area contributed by atoms with Crippen molar-refractivity contribution in [3.63, 3.8) is 0 Å². The van der Waals surface area contributed by atoms with Crippen LogP contribution < -0.4 is 11.1 Å². The van der Waals surface area contributed by atoms with Crippen LogP contribution in [0, 0.1) is 0 Å². The predicted octanol–water partition coefficient (Wildman–Crippen LogP) is 5.61. The Morgan fingerprint density at radius 1 is 0.849 bits per heavy atom. The average Bonchev–Trinajstić information content (AvgIpc) is 3.06. The number of nitrogens with two attached hydrogens (primary N) is 1. The summed E-state index contributed by atoms with van der Waals surface area (Å²) in [6.45, 7) is 15.4. The summed E-state index contributed by atoms with van der Waals surface area (Å²) in [4.78, 5) is 74.5. The Morgan fingerprint density at radius 2 is 1.36 bits per heavy atom.